The van der Waals surface area contributed by atoms with Gasteiger partial charge in [-0.05, 0) is 24.3 Å². The Morgan fingerprint density at radius 1 is 1.21 bits per heavy atom. The lowest BCUT2D eigenvalue weighted by atomic mass is 10.2. The van der Waals surface area contributed by atoms with Crippen molar-refractivity contribution in [2.45, 2.75) is 0 Å². The van der Waals surface area contributed by atoms with Gasteiger partial charge >= 0.3 is 0 Å². The number of carbonyl (C=O) groups excluding carboxylic acids is 1. The summed E-state index contributed by atoms with van der Waals surface area (Å²) in [5.74, 6) is 0.919. The standard InChI is InChI=1S/C14H15N3O2/c1-15-13-10(6-5-9-16-13)14(18)17-11-7-3-4-8-12(11)19-2/h3-9H,1-2H3,(H,15,16)(H,17,18). The van der Waals surface area contributed by atoms with Crippen LogP contribution in [0.1, 0.15) is 10.4 Å². The molecule has 5 nitrogen and oxygen atoms in total. The number of methoxy groups -OCH3 is 1. The number of carbonyl (C=O) groups is 1. The second-order valence-corrected chi connectivity index (χ2v) is 3.80. The Bertz CT molecular complexity index is 584. The summed E-state index contributed by atoms with van der Waals surface area (Å²) < 4.78 is 5.19. The molecule has 0 fully saturated rings. The molecule has 19 heavy (non-hydrogen) atoms. The van der Waals surface area contributed by atoms with Gasteiger partial charge in [0.25, 0.3) is 5.91 Å². The molecule has 0 atom stereocenters. The Kier molecular flexibility index (Phi) is 3.97. The van der Waals surface area contributed by atoms with Crippen molar-refractivity contribution in [1.29, 1.82) is 0 Å². The Labute approximate surface area is 111 Å². The molecular formula is C14H15N3O2. The fourth-order valence-electron chi connectivity index (χ4n) is 1.73. The van der Waals surface area contributed by atoms with Crippen molar-refractivity contribution in [3.63, 3.8) is 0 Å². The zero-order chi connectivity index (χ0) is 13.7. The maximum absolute atomic E-state index is 12.2. The number of aromatic nitrogens is 1. The lowest BCUT2D eigenvalue weighted by Gasteiger charge is -2.11. The van der Waals surface area contributed by atoms with Crippen molar-refractivity contribution < 1.29 is 9.53 Å². The van der Waals surface area contributed by atoms with E-state index < -0.39 is 0 Å². The highest BCUT2D eigenvalue weighted by molar-refractivity contribution is 6.08. The highest BCUT2D eigenvalue weighted by Crippen LogP contribution is 2.24. The number of nitrogens with one attached hydrogen (secondary N) is 2. The molecule has 2 N–H and O–H groups in total. The molecule has 0 spiro atoms. The average Bonchev–Trinajstić information content (AvgIpc) is 2.47. The highest BCUT2D eigenvalue weighted by Gasteiger charge is 2.13. The zero-order valence-corrected chi connectivity index (χ0v) is 10.8. The van der Waals surface area contributed by atoms with Crippen LogP contribution in [0.2, 0.25) is 0 Å². The summed E-state index contributed by atoms with van der Waals surface area (Å²) in [6, 6.07) is 10.7. The molecule has 1 amide bonds. The van der Waals surface area contributed by atoms with Gasteiger partial charge in [0.2, 0.25) is 0 Å². The molecule has 0 radical (unpaired) electrons. The fraction of sp³-hybridized carbons (Fsp3) is 0.143. The summed E-state index contributed by atoms with van der Waals surface area (Å²) in [5, 5.41) is 5.70. The van der Waals surface area contributed by atoms with Crippen LogP contribution in [-0.4, -0.2) is 25.0 Å². The third-order valence-electron chi connectivity index (χ3n) is 2.64. The molecule has 98 valence electrons. The van der Waals surface area contributed by atoms with Crippen LogP contribution in [0, 0.1) is 0 Å². The summed E-state index contributed by atoms with van der Waals surface area (Å²) >= 11 is 0. The van der Waals surface area contributed by atoms with Crippen LogP contribution in [0.25, 0.3) is 0 Å². The third-order valence-corrected chi connectivity index (χ3v) is 2.64. The normalized spacial score (nSPS) is 9.79. The number of anilines is 2. The maximum atomic E-state index is 12.2. The number of para-hydroxylation sites is 2. The average molecular weight is 257 g/mol. The molecule has 1 heterocycles. The molecule has 1 aromatic carbocycles. The first-order chi connectivity index (χ1) is 9.26. The maximum Gasteiger partial charge on any atom is 0.259 e. The summed E-state index contributed by atoms with van der Waals surface area (Å²) in [5.41, 5.74) is 1.11. The van der Waals surface area contributed by atoms with Crippen molar-refractivity contribution >= 4 is 17.4 Å². The van der Waals surface area contributed by atoms with Crippen LogP contribution in [-0.2, 0) is 0 Å². The van der Waals surface area contributed by atoms with Gasteiger partial charge in [0, 0.05) is 13.2 Å². The molecule has 5 heteroatoms. The van der Waals surface area contributed by atoms with Crippen molar-refractivity contribution in [3.8, 4) is 5.75 Å². The predicted molar refractivity (Wildman–Crippen MR) is 74.7 cm³/mol. The lowest BCUT2D eigenvalue weighted by molar-refractivity contribution is 0.102. The van der Waals surface area contributed by atoms with Gasteiger partial charge in [0.1, 0.15) is 11.6 Å². The first-order valence-electron chi connectivity index (χ1n) is 5.83. The van der Waals surface area contributed by atoms with E-state index in [1.54, 1.807) is 44.6 Å². The topological polar surface area (TPSA) is 63.2 Å². The molecular weight excluding hydrogens is 242 g/mol. The fourth-order valence-corrected chi connectivity index (χ4v) is 1.73. The van der Waals surface area contributed by atoms with Gasteiger partial charge in [0.05, 0.1) is 18.4 Å². The van der Waals surface area contributed by atoms with Gasteiger partial charge in [-0.2, -0.15) is 0 Å². The van der Waals surface area contributed by atoms with Gasteiger partial charge in [-0.1, -0.05) is 12.1 Å². The second-order valence-electron chi connectivity index (χ2n) is 3.80. The first-order valence-corrected chi connectivity index (χ1v) is 5.83. The van der Waals surface area contributed by atoms with E-state index in [-0.39, 0.29) is 5.91 Å². The molecule has 0 saturated carbocycles. The molecule has 0 unspecified atom stereocenters. The van der Waals surface area contributed by atoms with Crippen LogP contribution in [0.15, 0.2) is 42.6 Å². The van der Waals surface area contributed by atoms with Crippen molar-refractivity contribution in [2.75, 3.05) is 24.8 Å². The Hall–Kier alpha value is -2.56. The summed E-state index contributed by atoms with van der Waals surface area (Å²) in [4.78, 5) is 16.3. The molecule has 2 aromatic rings. The SMILES string of the molecule is CNc1ncccc1C(=O)Nc1ccccc1OC. The predicted octanol–water partition coefficient (Wildman–Crippen LogP) is 2.38. The Balaban J connectivity index is 2.26. The molecule has 2 rings (SSSR count). The summed E-state index contributed by atoms with van der Waals surface area (Å²) in [6.45, 7) is 0. The van der Waals surface area contributed by atoms with Crippen molar-refractivity contribution in [3.05, 3.63) is 48.2 Å². The van der Waals surface area contributed by atoms with Gasteiger partial charge < -0.3 is 15.4 Å². The minimum Gasteiger partial charge on any atom is -0.495 e. The summed E-state index contributed by atoms with van der Waals surface area (Å²) in [6.07, 6.45) is 1.63. The van der Waals surface area contributed by atoms with E-state index in [2.05, 4.69) is 15.6 Å². The van der Waals surface area contributed by atoms with E-state index in [0.29, 0.717) is 22.8 Å². The summed E-state index contributed by atoms with van der Waals surface area (Å²) in [7, 11) is 3.29. The number of hydrogen-bond donors (Lipinski definition) is 2. The quantitative estimate of drug-likeness (QED) is 0.882. The van der Waals surface area contributed by atoms with Crippen molar-refractivity contribution in [2.24, 2.45) is 0 Å². The van der Waals surface area contributed by atoms with E-state index in [4.69, 9.17) is 4.74 Å². The monoisotopic (exact) mass is 257 g/mol. The number of amides is 1. The van der Waals surface area contributed by atoms with Gasteiger partial charge in [-0.15, -0.1) is 0 Å². The first kappa shape index (κ1) is 12.9. The minimum absolute atomic E-state index is 0.234. The van der Waals surface area contributed by atoms with Gasteiger partial charge in [0.15, 0.2) is 0 Å². The number of pyridine rings is 1. The van der Waals surface area contributed by atoms with E-state index in [1.165, 1.54) is 0 Å². The number of ether oxygens (including phenoxy) is 1. The largest absolute Gasteiger partial charge is 0.495 e. The molecule has 0 bridgehead atoms. The molecule has 1 aromatic heterocycles. The van der Waals surface area contributed by atoms with Gasteiger partial charge in [-0.3, -0.25) is 4.79 Å². The molecule has 0 aliphatic heterocycles. The van der Waals surface area contributed by atoms with Crippen LogP contribution in [0.3, 0.4) is 0 Å². The van der Waals surface area contributed by atoms with E-state index in [1.807, 2.05) is 12.1 Å². The number of hydrogen-bond acceptors (Lipinski definition) is 4. The van der Waals surface area contributed by atoms with E-state index in [0.717, 1.165) is 0 Å². The van der Waals surface area contributed by atoms with Crippen LogP contribution >= 0.6 is 0 Å². The number of benzene rings is 1. The van der Waals surface area contributed by atoms with E-state index >= 15 is 0 Å². The third kappa shape index (κ3) is 2.82. The zero-order valence-electron chi connectivity index (χ0n) is 10.8. The lowest BCUT2D eigenvalue weighted by Crippen LogP contribution is -2.15. The Morgan fingerprint density at radius 2 is 2.00 bits per heavy atom. The molecule has 0 aliphatic carbocycles. The Morgan fingerprint density at radius 3 is 2.74 bits per heavy atom. The number of rotatable bonds is 4. The van der Waals surface area contributed by atoms with E-state index in [9.17, 15) is 4.79 Å². The van der Waals surface area contributed by atoms with Crippen LogP contribution in [0.5, 0.6) is 5.75 Å². The van der Waals surface area contributed by atoms with Crippen molar-refractivity contribution in [1.82, 2.24) is 4.98 Å². The smallest absolute Gasteiger partial charge is 0.259 e. The minimum atomic E-state index is -0.234. The number of nitrogens with zero attached hydrogens (tertiary/aromatic N) is 1. The second kappa shape index (κ2) is 5.86. The molecule has 0 saturated heterocycles. The highest BCUT2D eigenvalue weighted by atomic mass is 16.5. The van der Waals surface area contributed by atoms with Crippen LogP contribution < -0.4 is 15.4 Å². The van der Waals surface area contributed by atoms with Gasteiger partial charge in [-0.25, -0.2) is 4.98 Å². The van der Waals surface area contributed by atoms with Crippen LogP contribution in [0.4, 0.5) is 11.5 Å². The molecule has 0 aliphatic rings.